The number of nitrogens with one attached hydrogen (secondary N) is 1. The number of carboxylic acid groups (broad SMARTS) is 1. The molecule has 0 saturated carbocycles. The van der Waals surface area contributed by atoms with Crippen molar-refractivity contribution in [2.75, 3.05) is 26.3 Å². The highest BCUT2D eigenvalue weighted by Gasteiger charge is 2.42. The van der Waals surface area contributed by atoms with Gasteiger partial charge >= 0.3 is 5.97 Å². The largest absolute Gasteiger partial charge is 0.479 e. The molecule has 1 spiro atoms. The predicted octanol–water partition coefficient (Wildman–Crippen LogP) is -0.360. The minimum atomic E-state index is -0.939. The fraction of sp³-hybridized carbons (Fsp3) is 0.875. The lowest BCUT2D eigenvalue weighted by molar-refractivity contribution is -0.204. The number of carbonyl (C=O) groups is 1. The number of ether oxygens (including phenoxy) is 2. The van der Waals surface area contributed by atoms with E-state index >= 15 is 0 Å². The molecule has 2 saturated heterocycles. The summed E-state index contributed by atoms with van der Waals surface area (Å²) in [5.41, 5.74) is -0.388. The van der Waals surface area contributed by atoms with Gasteiger partial charge in [0.2, 0.25) is 0 Å². The van der Waals surface area contributed by atoms with Crippen LogP contribution in [0.4, 0.5) is 0 Å². The van der Waals surface area contributed by atoms with Gasteiger partial charge in [-0.1, -0.05) is 0 Å². The van der Waals surface area contributed by atoms with Crippen LogP contribution in [0.3, 0.4) is 0 Å². The Morgan fingerprint density at radius 3 is 2.93 bits per heavy atom. The van der Waals surface area contributed by atoms with E-state index < -0.39 is 12.1 Å². The molecule has 0 aromatic heterocycles. The van der Waals surface area contributed by atoms with E-state index in [0.717, 1.165) is 13.0 Å². The number of rotatable bonds is 1. The van der Waals surface area contributed by atoms with E-state index in [4.69, 9.17) is 14.6 Å². The zero-order chi connectivity index (χ0) is 9.31. The average molecular weight is 224 g/mol. The molecule has 5 nitrogen and oxygen atoms in total. The van der Waals surface area contributed by atoms with Crippen LogP contribution in [0.25, 0.3) is 0 Å². The van der Waals surface area contributed by atoms with Crippen LogP contribution < -0.4 is 5.32 Å². The Labute approximate surface area is 88.2 Å². The smallest absolute Gasteiger partial charge is 0.335 e. The Kier molecular flexibility index (Phi) is 3.71. The molecule has 2 heterocycles. The molecule has 0 bridgehead atoms. The van der Waals surface area contributed by atoms with E-state index in [2.05, 4.69) is 5.32 Å². The molecule has 2 aliphatic heterocycles. The quantitative estimate of drug-likeness (QED) is 0.636. The van der Waals surface area contributed by atoms with Crippen molar-refractivity contribution in [3.8, 4) is 0 Å². The molecule has 0 amide bonds. The fourth-order valence-corrected chi connectivity index (χ4v) is 1.79. The molecule has 2 atom stereocenters. The van der Waals surface area contributed by atoms with E-state index in [9.17, 15) is 4.79 Å². The van der Waals surface area contributed by atoms with Crippen LogP contribution >= 0.6 is 12.4 Å². The van der Waals surface area contributed by atoms with Gasteiger partial charge in [0.25, 0.3) is 0 Å². The van der Waals surface area contributed by atoms with E-state index in [0.29, 0.717) is 13.2 Å². The Balaban J connectivity index is 0.000000980. The summed E-state index contributed by atoms with van der Waals surface area (Å²) >= 11 is 0. The molecule has 0 aromatic carbocycles. The minimum absolute atomic E-state index is 0. The third-order valence-electron chi connectivity index (χ3n) is 2.51. The second kappa shape index (κ2) is 4.44. The van der Waals surface area contributed by atoms with Gasteiger partial charge in [0.05, 0.1) is 13.2 Å². The zero-order valence-electron chi connectivity index (χ0n) is 7.69. The molecule has 0 radical (unpaired) electrons. The Morgan fingerprint density at radius 1 is 1.57 bits per heavy atom. The predicted molar refractivity (Wildman–Crippen MR) is 50.8 cm³/mol. The first kappa shape index (κ1) is 11.7. The van der Waals surface area contributed by atoms with Gasteiger partial charge in [-0.05, 0) is 13.0 Å². The summed E-state index contributed by atoms with van der Waals surface area (Å²) in [5.74, 6) is -0.939. The van der Waals surface area contributed by atoms with Crippen LogP contribution in [0.1, 0.15) is 6.42 Å². The van der Waals surface area contributed by atoms with E-state index in [1.54, 1.807) is 0 Å². The molecule has 2 N–H and O–H groups in total. The van der Waals surface area contributed by atoms with Gasteiger partial charge in [0.1, 0.15) is 5.60 Å². The van der Waals surface area contributed by atoms with E-state index in [1.807, 2.05) is 0 Å². The van der Waals surface area contributed by atoms with Crippen molar-refractivity contribution in [2.24, 2.45) is 0 Å². The standard InChI is InChI=1S/C8H13NO4.ClH/c10-7(11)6-3-12-5-8(13-6)1-2-9-4-8;/h6,9H,1-5H2,(H,10,11);1H. The summed E-state index contributed by atoms with van der Waals surface area (Å²) in [6.07, 6.45) is 0.0326. The fourth-order valence-electron chi connectivity index (χ4n) is 1.79. The topological polar surface area (TPSA) is 67.8 Å². The van der Waals surface area contributed by atoms with Crippen LogP contribution in [-0.2, 0) is 14.3 Å². The van der Waals surface area contributed by atoms with Crippen LogP contribution in [0.2, 0.25) is 0 Å². The maximum absolute atomic E-state index is 10.7. The second-order valence-electron chi connectivity index (χ2n) is 3.57. The third-order valence-corrected chi connectivity index (χ3v) is 2.51. The molecule has 0 aromatic rings. The van der Waals surface area contributed by atoms with Gasteiger partial charge in [0.15, 0.2) is 6.10 Å². The maximum atomic E-state index is 10.7. The van der Waals surface area contributed by atoms with Gasteiger partial charge in [-0.2, -0.15) is 0 Å². The first-order valence-corrected chi connectivity index (χ1v) is 4.41. The van der Waals surface area contributed by atoms with Crippen LogP contribution in [0.15, 0.2) is 0 Å². The van der Waals surface area contributed by atoms with Crippen molar-refractivity contribution in [1.29, 1.82) is 0 Å². The molecular weight excluding hydrogens is 210 g/mol. The van der Waals surface area contributed by atoms with Crippen LogP contribution in [0, 0.1) is 0 Å². The zero-order valence-corrected chi connectivity index (χ0v) is 8.51. The number of halogens is 1. The van der Waals surface area contributed by atoms with E-state index in [1.165, 1.54) is 0 Å². The molecule has 14 heavy (non-hydrogen) atoms. The Bertz CT molecular complexity index is 217. The monoisotopic (exact) mass is 223 g/mol. The molecule has 2 aliphatic rings. The summed E-state index contributed by atoms with van der Waals surface area (Å²) in [6, 6.07) is 0. The highest BCUT2D eigenvalue weighted by molar-refractivity contribution is 5.85. The number of hydrogen-bond acceptors (Lipinski definition) is 4. The highest BCUT2D eigenvalue weighted by Crippen LogP contribution is 2.26. The first-order valence-electron chi connectivity index (χ1n) is 4.41. The van der Waals surface area contributed by atoms with Gasteiger partial charge in [-0.15, -0.1) is 12.4 Å². The van der Waals surface area contributed by atoms with Gasteiger partial charge in [0, 0.05) is 6.54 Å². The maximum Gasteiger partial charge on any atom is 0.335 e. The summed E-state index contributed by atoms with van der Waals surface area (Å²) in [4.78, 5) is 10.7. The van der Waals surface area contributed by atoms with Crippen molar-refractivity contribution in [3.05, 3.63) is 0 Å². The van der Waals surface area contributed by atoms with Crippen molar-refractivity contribution in [2.45, 2.75) is 18.1 Å². The summed E-state index contributed by atoms with van der Waals surface area (Å²) in [5, 5.41) is 11.9. The normalized spacial score (nSPS) is 36.7. The second-order valence-corrected chi connectivity index (χ2v) is 3.57. The molecule has 2 rings (SSSR count). The SMILES string of the molecule is Cl.O=C(O)C1COCC2(CCNC2)O1. The van der Waals surface area contributed by atoms with Gasteiger partial charge in [-0.3, -0.25) is 0 Å². The number of aliphatic carboxylic acids is 1. The van der Waals surface area contributed by atoms with Crippen molar-refractivity contribution < 1.29 is 19.4 Å². The Morgan fingerprint density at radius 2 is 2.36 bits per heavy atom. The molecule has 6 heteroatoms. The number of hydrogen-bond donors (Lipinski definition) is 2. The first-order chi connectivity index (χ1) is 6.22. The number of carboxylic acids is 1. The lowest BCUT2D eigenvalue weighted by Crippen LogP contribution is -2.51. The van der Waals surface area contributed by atoms with Crippen molar-refractivity contribution in [1.82, 2.24) is 5.32 Å². The van der Waals surface area contributed by atoms with Gasteiger partial charge < -0.3 is 19.9 Å². The Hall–Kier alpha value is -0.360. The molecule has 2 fully saturated rings. The average Bonchev–Trinajstić information content (AvgIpc) is 2.53. The van der Waals surface area contributed by atoms with Crippen LogP contribution in [-0.4, -0.2) is 49.1 Å². The summed E-state index contributed by atoms with van der Waals surface area (Å²) in [7, 11) is 0. The summed E-state index contributed by atoms with van der Waals surface area (Å²) < 4.78 is 10.7. The highest BCUT2D eigenvalue weighted by atomic mass is 35.5. The molecule has 0 aliphatic carbocycles. The minimum Gasteiger partial charge on any atom is -0.479 e. The molecule has 2 unspecified atom stereocenters. The molecular formula is C8H14ClNO4. The third kappa shape index (κ3) is 2.17. The lowest BCUT2D eigenvalue weighted by Gasteiger charge is -2.36. The van der Waals surface area contributed by atoms with Gasteiger partial charge in [-0.25, -0.2) is 4.79 Å². The summed E-state index contributed by atoms with van der Waals surface area (Å²) in [6.45, 7) is 2.23. The van der Waals surface area contributed by atoms with Crippen molar-refractivity contribution in [3.63, 3.8) is 0 Å². The van der Waals surface area contributed by atoms with E-state index in [-0.39, 0.29) is 24.6 Å². The van der Waals surface area contributed by atoms with Crippen molar-refractivity contribution >= 4 is 18.4 Å². The molecule has 82 valence electrons. The van der Waals surface area contributed by atoms with Crippen LogP contribution in [0.5, 0.6) is 0 Å². The lowest BCUT2D eigenvalue weighted by atomic mass is 10.0.